The normalized spacial score (nSPS) is 13.8. The summed E-state index contributed by atoms with van der Waals surface area (Å²) in [4.78, 5) is 22.3. The number of pyridine rings is 1. The van der Waals surface area contributed by atoms with Gasteiger partial charge in [-0.3, -0.25) is 4.79 Å². The molecule has 5 heteroatoms. The van der Waals surface area contributed by atoms with E-state index >= 15 is 0 Å². The molecule has 0 unspecified atom stereocenters. The number of aromatic amines is 1. The molecule has 4 aromatic rings. The van der Waals surface area contributed by atoms with Gasteiger partial charge in [0.2, 0.25) is 0 Å². The maximum Gasteiger partial charge on any atom is 0.260 e. The number of benzene rings is 1. The average molecular weight is 319 g/mol. The minimum atomic E-state index is 0.0394. The molecule has 0 spiro atoms. The Hall–Kier alpha value is -2.66. The second kappa shape index (κ2) is 4.67. The van der Waals surface area contributed by atoms with Gasteiger partial charge in [0.05, 0.1) is 5.56 Å². The predicted molar refractivity (Wildman–Crippen MR) is 93.3 cm³/mol. The molecule has 0 bridgehead atoms. The van der Waals surface area contributed by atoms with E-state index in [-0.39, 0.29) is 5.91 Å². The molecule has 4 nitrogen and oxygen atoms in total. The average Bonchev–Trinajstić information content (AvgIpc) is 3.29. The number of hydrogen-bond donors (Lipinski definition) is 1. The molecule has 4 heterocycles. The summed E-state index contributed by atoms with van der Waals surface area (Å²) in [6.45, 7) is 0.735. The highest BCUT2D eigenvalue weighted by atomic mass is 32.1. The largest absolute Gasteiger partial charge is 0.345 e. The van der Waals surface area contributed by atoms with Gasteiger partial charge in [-0.05, 0) is 53.1 Å². The lowest BCUT2D eigenvalue weighted by Crippen LogP contribution is -2.28. The van der Waals surface area contributed by atoms with Crippen LogP contribution in [0.25, 0.3) is 21.1 Å². The lowest BCUT2D eigenvalue weighted by molar-refractivity contribution is 0.0991. The Kier molecular flexibility index (Phi) is 2.60. The highest BCUT2D eigenvalue weighted by Gasteiger charge is 2.27. The lowest BCUT2D eigenvalue weighted by Gasteiger charge is -2.17. The Morgan fingerprint density at radius 2 is 2.26 bits per heavy atom. The molecule has 1 amide bonds. The second-order valence-corrected chi connectivity index (χ2v) is 6.70. The number of rotatable bonds is 1. The number of carbonyl (C=O) groups excluding carboxylic acids is 1. The molecule has 3 aromatic heterocycles. The molecule has 0 saturated carbocycles. The highest BCUT2D eigenvalue weighted by Crippen LogP contribution is 2.35. The summed E-state index contributed by atoms with van der Waals surface area (Å²) < 4.78 is 1.29. The van der Waals surface area contributed by atoms with E-state index < -0.39 is 0 Å². The van der Waals surface area contributed by atoms with Crippen LogP contribution in [0.15, 0.2) is 48.1 Å². The Balaban J connectivity index is 1.62. The van der Waals surface area contributed by atoms with Gasteiger partial charge in [-0.1, -0.05) is 0 Å². The molecule has 112 valence electrons. The van der Waals surface area contributed by atoms with E-state index in [9.17, 15) is 4.79 Å². The first kappa shape index (κ1) is 12.8. The van der Waals surface area contributed by atoms with Crippen LogP contribution in [0.5, 0.6) is 0 Å². The molecule has 1 aliphatic rings. The van der Waals surface area contributed by atoms with Gasteiger partial charge >= 0.3 is 0 Å². The van der Waals surface area contributed by atoms with Crippen LogP contribution in [0.3, 0.4) is 0 Å². The number of nitrogens with one attached hydrogen (secondary N) is 1. The van der Waals surface area contributed by atoms with Crippen LogP contribution in [-0.2, 0) is 6.42 Å². The molecule has 0 radical (unpaired) electrons. The standard InChI is InChI=1S/C18H13N3OS/c22-18(14-10-20-17-13(14)2-1-5-19-17)21-6-3-11-9-16-12(4-7-23-16)8-15(11)21/h1-2,4-5,7-10H,3,6H2,(H,19,20). The molecule has 0 aliphatic carbocycles. The Morgan fingerprint density at radius 3 is 3.22 bits per heavy atom. The molecule has 0 saturated heterocycles. The molecule has 1 N–H and O–H groups in total. The first-order chi connectivity index (χ1) is 11.3. The van der Waals surface area contributed by atoms with Gasteiger partial charge in [-0.15, -0.1) is 11.3 Å². The number of amides is 1. The van der Waals surface area contributed by atoms with E-state index in [4.69, 9.17) is 0 Å². The van der Waals surface area contributed by atoms with Gasteiger partial charge in [0.15, 0.2) is 0 Å². The van der Waals surface area contributed by atoms with Gasteiger partial charge in [0, 0.05) is 34.7 Å². The van der Waals surface area contributed by atoms with E-state index in [2.05, 4.69) is 33.5 Å². The monoisotopic (exact) mass is 319 g/mol. The van der Waals surface area contributed by atoms with Crippen molar-refractivity contribution < 1.29 is 4.79 Å². The summed E-state index contributed by atoms with van der Waals surface area (Å²) >= 11 is 1.75. The minimum absolute atomic E-state index is 0.0394. The van der Waals surface area contributed by atoms with Crippen molar-refractivity contribution in [3.8, 4) is 0 Å². The van der Waals surface area contributed by atoms with E-state index in [0.717, 1.165) is 29.7 Å². The molecular weight excluding hydrogens is 306 g/mol. The van der Waals surface area contributed by atoms with Gasteiger partial charge in [0.25, 0.3) is 5.91 Å². The van der Waals surface area contributed by atoms with Crippen molar-refractivity contribution in [2.75, 3.05) is 11.4 Å². The number of hydrogen-bond acceptors (Lipinski definition) is 3. The summed E-state index contributed by atoms with van der Waals surface area (Å²) in [5, 5.41) is 4.17. The molecule has 1 aliphatic heterocycles. The van der Waals surface area contributed by atoms with Crippen molar-refractivity contribution in [3.63, 3.8) is 0 Å². The third-order valence-electron chi connectivity index (χ3n) is 4.48. The zero-order chi connectivity index (χ0) is 15.4. The van der Waals surface area contributed by atoms with Crippen molar-refractivity contribution in [1.29, 1.82) is 0 Å². The number of anilines is 1. The molecule has 23 heavy (non-hydrogen) atoms. The minimum Gasteiger partial charge on any atom is -0.345 e. The Morgan fingerprint density at radius 1 is 1.30 bits per heavy atom. The Labute approximate surface area is 136 Å². The van der Waals surface area contributed by atoms with E-state index in [1.165, 1.54) is 15.6 Å². The SMILES string of the molecule is O=C(c1c[nH]c2ncccc12)N1CCc2cc3sccc3cc21. The van der Waals surface area contributed by atoms with E-state index in [1.54, 1.807) is 23.7 Å². The van der Waals surface area contributed by atoms with Gasteiger partial charge < -0.3 is 9.88 Å². The second-order valence-electron chi connectivity index (χ2n) is 5.75. The number of nitrogens with zero attached hydrogens (tertiary/aromatic N) is 2. The zero-order valence-corrected chi connectivity index (χ0v) is 13.1. The van der Waals surface area contributed by atoms with E-state index in [0.29, 0.717) is 5.56 Å². The summed E-state index contributed by atoms with van der Waals surface area (Å²) in [7, 11) is 0. The fourth-order valence-electron chi connectivity index (χ4n) is 3.33. The maximum absolute atomic E-state index is 13.0. The molecule has 0 atom stereocenters. The van der Waals surface area contributed by atoms with Crippen LogP contribution in [0.1, 0.15) is 15.9 Å². The number of thiophene rings is 1. The maximum atomic E-state index is 13.0. The zero-order valence-electron chi connectivity index (χ0n) is 12.2. The van der Waals surface area contributed by atoms with Crippen LogP contribution < -0.4 is 4.90 Å². The van der Waals surface area contributed by atoms with Crippen molar-refractivity contribution in [3.05, 3.63) is 59.2 Å². The summed E-state index contributed by atoms with van der Waals surface area (Å²) in [5.41, 5.74) is 3.74. The first-order valence-corrected chi connectivity index (χ1v) is 8.43. The van der Waals surface area contributed by atoms with Crippen molar-refractivity contribution in [2.45, 2.75) is 6.42 Å². The van der Waals surface area contributed by atoms with Crippen molar-refractivity contribution in [1.82, 2.24) is 9.97 Å². The third-order valence-corrected chi connectivity index (χ3v) is 5.36. The quantitative estimate of drug-likeness (QED) is 0.577. The third kappa shape index (κ3) is 1.83. The predicted octanol–water partition coefficient (Wildman–Crippen LogP) is 3.98. The first-order valence-electron chi connectivity index (χ1n) is 7.55. The molecular formula is C18H13N3OS. The van der Waals surface area contributed by atoms with Crippen molar-refractivity contribution >= 4 is 44.1 Å². The van der Waals surface area contributed by atoms with Crippen molar-refractivity contribution in [2.24, 2.45) is 0 Å². The molecule has 1 aromatic carbocycles. The van der Waals surface area contributed by atoms with Gasteiger partial charge in [0.1, 0.15) is 5.65 Å². The highest BCUT2D eigenvalue weighted by molar-refractivity contribution is 7.17. The van der Waals surface area contributed by atoms with Crippen LogP contribution in [0.4, 0.5) is 5.69 Å². The van der Waals surface area contributed by atoms with Crippen LogP contribution in [0.2, 0.25) is 0 Å². The summed E-state index contributed by atoms with van der Waals surface area (Å²) in [6.07, 6.45) is 4.40. The fourth-order valence-corrected chi connectivity index (χ4v) is 4.17. The molecule has 0 fully saturated rings. The molecule has 5 rings (SSSR count). The van der Waals surface area contributed by atoms with Crippen LogP contribution in [-0.4, -0.2) is 22.4 Å². The topological polar surface area (TPSA) is 49.0 Å². The summed E-state index contributed by atoms with van der Waals surface area (Å²) in [6, 6.07) is 10.3. The number of H-pyrrole nitrogens is 1. The number of carbonyl (C=O) groups is 1. The van der Waals surface area contributed by atoms with Gasteiger partial charge in [-0.25, -0.2) is 4.98 Å². The van der Waals surface area contributed by atoms with Crippen LogP contribution >= 0.6 is 11.3 Å². The fraction of sp³-hybridized carbons (Fsp3) is 0.111. The van der Waals surface area contributed by atoms with Crippen LogP contribution in [0, 0.1) is 0 Å². The van der Waals surface area contributed by atoms with Gasteiger partial charge in [-0.2, -0.15) is 0 Å². The number of fused-ring (bicyclic) bond motifs is 3. The number of aromatic nitrogens is 2. The Bertz CT molecular complexity index is 1060. The summed E-state index contributed by atoms with van der Waals surface area (Å²) in [5.74, 6) is 0.0394. The lowest BCUT2D eigenvalue weighted by atomic mass is 10.1. The smallest absolute Gasteiger partial charge is 0.260 e. The van der Waals surface area contributed by atoms with E-state index in [1.807, 2.05) is 17.0 Å².